The molecule has 0 radical (unpaired) electrons. The minimum absolute atomic E-state index is 0.173. The summed E-state index contributed by atoms with van der Waals surface area (Å²) in [4.78, 5) is 4.10. The van der Waals surface area contributed by atoms with E-state index in [9.17, 15) is 5.11 Å². The van der Waals surface area contributed by atoms with Crippen LogP contribution in [0.1, 0.15) is 30.9 Å². The van der Waals surface area contributed by atoms with Crippen molar-refractivity contribution < 1.29 is 5.11 Å². The monoisotopic (exact) mass is 238 g/mol. The van der Waals surface area contributed by atoms with Crippen molar-refractivity contribution in [2.75, 3.05) is 11.5 Å². The second-order valence-electron chi connectivity index (χ2n) is 4.43. The Morgan fingerprint density at radius 2 is 2.38 bits per heavy atom. The Bertz CT molecular complexity index is 376. The molecule has 0 aliphatic carbocycles. The van der Waals surface area contributed by atoms with Gasteiger partial charge in [-0.05, 0) is 37.1 Å². The smallest absolute Gasteiger partial charge is 0.129 e. The van der Waals surface area contributed by atoms with Crippen LogP contribution in [0.2, 0.25) is 0 Å². The number of rotatable bonds is 1. The fraction of sp³-hybridized carbons (Fsp3) is 0.583. The summed E-state index contributed by atoms with van der Waals surface area (Å²) in [5, 5.41) is 11.0. The summed E-state index contributed by atoms with van der Waals surface area (Å²) >= 11 is 1.80. The van der Waals surface area contributed by atoms with E-state index < -0.39 is 5.60 Å². The van der Waals surface area contributed by atoms with Crippen LogP contribution in [0, 0.1) is 6.92 Å². The van der Waals surface area contributed by atoms with Crippen LogP contribution < -0.4 is 5.73 Å². The zero-order valence-corrected chi connectivity index (χ0v) is 10.5. The molecule has 1 aliphatic rings. The fourth-order valence-electron chi connectivity index (χ4n) is 2.41. The van der Waals surface area contributed by atoms with Crippen LogP contribution in [-0.4, -0.2) is 21.1 Å². The standard InChI is InChI=1S/C12H18N2OS/c1-8-4-6-14-11(13)10(8)12(15)5-3-7-16-9(12)2/h4,6,9,15H,3,5,7H2,1-2H3,(H2,13,14). The first-order chi connectivity index (χ1) is 7.55. The Morgan fingerprint density at radius 3 is 3.00 bits per heavy atom. The number of aromatic nitrogens is 1. The van der Waals surface area contributed by atoms with E-state index in [-0.39, 0.29) is 5.25 Å². The molecule has 1 fully saturated rings. The molecule has 3 N–H and O–H groups in total. The third-order valence-corrected chi connectivity index (χ3v) is 4.78. The van der Waals surface area contributed by atoms with Crippen LogP contribution in [0.15, 0.2) is 12.3 Å². The molecule has 1 aromatic rings. The second kappa shape index (κ2) is 4.26. The molecule has 1 aromatic heterocycles. The van der Waals surface area contributed by atoms with Crippen molar-refractivity contribution in [3.05, 3.63) is 23.4 Å². The highest BCUT2D eigenvalue weighted by molar-refractivity contribution is 8.00. The van der Waals surface area contributed by atoms with Gasteiger partial charge in [0.15, 0.2) is 0 Å². The molecule has 2 unspecified atom stereocenters. The normalized spacial score (nSPS) is 30.3. The van der Waals surface area contributed by atoms with Crippen LogP contribution >= 0.6 is 11.8 Å². The van der Waals surface area contributed by atoms with E-state index in [0.717, 1.165) is 29.7 Å². The lowest BCUT2D eigenvalue weighted by atomic mass is 9.84. The maximum absolute atomic E-state index is 10.8. The SMILES string of the molecule is Cc1ccnc(N)c1C1(O)CCCSC1C. The molecular weight excluding hydrogens is 220 g/mol. The molecule has 2 atom stereocenters. The third-order valence-electron chi connectivity index (χ3n) is 3.36. The zero-order chi connectivity index (χ0) is 11.8. The summed E-state index contributed by atoms with van der Waals surface area (Å²) in [6.45, 7) is 4.05. The number of aryl methyl sites for hydroxylation is 1. The first kappa shape index (κ1) is 11.7. The summed E-state index contributed by atoms with van der Waals surface area (Å²) in [6, 6.07) is 1.91. The number of hydrogen-bond acceptors (Lipinski definition) is 4. The predicted molar refractivity (Wildman–Crippen MR) is 68.4 cm³/mol. The molecule has 2 rings (SSSR count). The number of anilines is 1. The van der Waals surface area contributed by atoms with Crippen LogP contribution in [0.3, 0.4) is 0 Å². The van der Waals surface area contributed by atoms with Gasteiger partial charge in [-0.15, -0.1) is 0 Å². The van der Waals surface area contributed by atoms with Gasteiger partial charge in [0.1, 0.15) is 11.4 Å². The van der Waals surface area contributed by atoms with Crippen molar-refractivity contribution in [3.8, 4) is 0 Å². The number of nitrogens with zero attached hydrogens (tertiary/aromatic N) is 1. The zero-order valence-electron chi connectivity index (χ0n) is 9.73. The van der Waals surface area contributed by atoms with Crippen molar-refractivity contribution in [3.63, 3.8) is 0 Å². The number of nitrogen functional groups attached to an aromatic ring is 1. The van der Waals surface area contributed by atoms with E-state index in [1.54, 1.807) is 18.0 Å². The van der Waals surface area contributed by atoms with E-state index in [4.69, 9.17) is 5.73 Å². The molecule has 0 spiro atoms. The molecule has 0 saturated carbocycles. The number of nitrogens with two attached hydrogens (primary N) is 1. The maximum Gasteiger partial charge on any atom is 0.129 e. The molecule has 16 heavy (non-hydrogen) atoms. The molecule has 1 aliphatic heterocycles. The number of thioether (sulfide) groups is 1. The molecular formula is C12H18N2OS. The number of hydrogen-bond donors (Lipinski definition) is 2. The Hall–Kier alpha value is -0.740. The Morgan fingerprint density at radius 1 is 1.62 bits per heavy atom. The second-order valence-corrected chi connectivity index (χ2v) is 5.88. The fourth-order valence-corrected chi connectivity index (χ4v) is 3.59. The van der Waals surface area contributed by atoms with Gasteiger partial charge in [0.25, 0.3) is 0 Å². The van der Waals surface area contributed by atoms with Gasteiger partial charge in [0.05, 0.1) is 0 Å². The largest absolute Gasteiger partial charge is 0.384 e. The first-order valence-corrected chi connectivity index (χ1v) is 6.66. The topological polar surface area (TPSA) is 59.1 Å². The summed E-state index contributed by atoms with van der Waals surface area (Å²) in [6.07, 6.45) is 3.50. The van der Waals surface area contributed by atoms with Gasteiger partial charge in [-0.1, -0.05) is 6.92 Å². The molecule has 0 amide bonds. The summed E-state index contributed by atoms with van der Waals surface area (Å²) in [5.41, 5.74) is 6.97. The van der Waals surface area contributed by atoms with E-state index >= 15 is 0 Å². The van der Waals surface area contributed by atoms with E-state index in [1.165, 1.54) is 0 Å². The third kappa shape index (κ3) is 1.80. The predicted octanol–water partition coefficient (Wildman–Crippen LogP) is 2.08. The maximum atomic E-state index is 10.8. The summed E-state index contributed by atoms with van der Waals surface area (Å²) < 4.78 is 0. The first-order valence-electron chi connectivity index (χ1n) is 5.61. The van der Waals surface area contributed by atoms with Crippen molar-refractivity contribution >= 4 is 17.6 Å². The molecule has 4 heteroatoms. The summed E-state index contributed by atoms with van der Waals surface area (Å²) in [7, 11) is 0. The lowest BCUT2D eigenvalue weighted by Crippen LogP contribution is -2.40. The molecule has 2 heterocycles. The van der Waals surface area contributed by atoms with E-state index in [1.807, 2.05) is 13.0 Å². The molecule has 88 valence electrons. The lowest BCUT2D eigenvalue weighted by Gasteiger charge is -2.39. The average molecular weight is 238 g/mol. The van der Waals surface area contributed by atoms with E-state index in [0.29, 0.717) is 5.82 Å². The highest BCUT2D eigenvalue weighted by Gasteiger charge is 2.40. The van der Waals surface area contributed by atoms with Crippen molar-refractivity contribution in [2.24, 2.45) is 0 Å². The highest BCUT2D eigenvalue weighted by Crippen LogP contribution is 2.43. The molecule has 3 nitrogen and oxygen atoms in total. The molecule has 0 bridgehead atoms. The molecule has 0 aromatic carbocycles. The van der Waals surface area contributed by atoms with Crippen LogP contribution in [-0.2, 0) is 5.60 Å². The van der Waals surface area contributed by atoms with Crippen molar-refractivity contribution in [1.82, 2.24) is 4.98 Å². The van der Waals surface area contributed by atoms with E-state index in [2.05, 4.69) is 11.9 Å². The number of aliphatic hydroxyl groups is 1. The average Bonchev–Trinajstić information content (AvgIpc) is 2.22. The van der Waals surface area contributed by atoms with Crippen LogP contribution in [0.4, 0.5) is 5.82 Å². The van der Waals surface area contributed by atoms with Gasteiger partial charge in [0.2, 0.25) is 0 Å². The van der Waals surface area contributed by atoms with Gasteiger partial charge in [-0.3, -0.25) is 0 Å². The quantitative estimate of drug-likeness (QED) is 0.786. The Balaban J connectivity index is 2.49. The van der Waals surface area contributed by atoms with Crippen molar-refractivity contribution in [1.29, 1.82) is 0 Å². The van der Waals surface area contributed by atoms with Gasteiger partial charge < -0.3 is 10.8 Å². The lowest BCUT2D eigenvalue weighted by molar-refractivity contribution is 0.0253. The van der Waals surface area contributed by atoms with Crippen LogP contribution in [0.25, 0.3) is 0 Å². The minimum atomic E-state index is -0.814. The van der Waals surface area contributed by atoms with Crippen LogP contribution in [0.5, 0.6) is 0 Å². The van der Waals surface area contributed by atoms with Gasteiger partial charge in [0, 0.05) is 17.0 Å². The van der Waals surface area contributed by atoms with Gasteiger partial charge in [-0.2, -0.15) is 11.8 Å². The van der Waals surface area contributed by atoms with Gasteiger partial charge >= 0.3 is 0 Å². The van der Waals surface area contributed by atoms with Crippen molar-refractivity contribution in [2.45, 2.75) is 37.5 Å². The van der Waals surface area contributed by atoms with Gasteiger partial charge in [-0.25, -0.2) is 4.98 Å². The summed E-state index contributed by atoms with van der Waals surface area (Å²) in [5.74, 6) is 1.58. The Kier molecular flexibility index (Phi) is 3.13. The Labute approximate surface area is 100 Å². The highest BCUT2D eigenvalue weighted by atomic mass is 32.2. The number of pyridine rings is 1. The minimum Gasteiger partial charge on any atom is -0.384 e. The molecule has 1 saturated heterocycles.